The van der Waals surface area contributed by atoms with Crippen LogP contribution < -0.4 is 10.2 Å². The van der Waals surface area contributed by atoms with Gasteiger partial charge in [0.05, 0.1) is 11.8 Å². The molecule has 0 bridgehead atoms. The zero-order chi connectivity index (χ0) is 17.1. The van der Waals surface area contributed by atoms with Crippen molar-refractivity contribution >= 4 is 11.7 Å². The molecule has 1 aromatic heterocycles. The van der Waals surface area contributed by atoms with Crippen LogP contribution in [0.2, 0.25) is 0 Å². The van der Waals surface area contributed by atoms with Crippen molar-refractivity contribution in [1.29, 1.82) is 0 Å². The SMILES string of the molecule is COC(C)(C)C(=O)NC[C@@]1(O)CCCN(c2ccc(F)cn2)C1. The number of rotatable bonds is 5. The molecular formula is C16H24FN3O3. The molecule has 0 aromatic carbocycles. The number of aliphatic hydroxyl groups is 1. The summed E-state index contributed by atoms with van der Waals surface area (Å²) in [5.74, 6) is -0.0476. The Hall–Kier alpha value is -1.73. The van der Waals surface area contributed by atoms with Crippen LogP contribution in [0.1, 0.15) is 26.7 Å². The fourth-order valence-corrected chi connectivity index (χ4v) is 2.56. The Morgan fingerprint density at radius 1 is 1.57 bits per heavy atom. The first-order valence-electron chi connectivity index (χ1n) is 7.68. The van der Waals surface area contributed by atoms with Gasteiger partial charge in [0, 0.05) is 26.7 Å². The molecule has 1 saturated heterocycles. The maximum Gasteiger partial charge on any atom is 0.251 e. The number of piperidine rings is 1. The highest BCUT2D eigenvalue weighted by Crippen LogP contribution is 2.24. The number of ether oxygens (including phenoxy) is 1. The largest absolute Gasteiger partial charge is 0.386 e. The Labute approximate surface area is 135 Å². The number of halogens is 1. The van der Waals surface area contributed by atoms with Gasteiger partial charge < -0.3 is 20.1 Å². The summed E-state index contributed by atoms with van der Waals surface area (Å²) in [7, 11) is 1.47. The average Bonchev–Trinajstić information content (AvgIpc) is 2.53. The van der Waals surface area contributed by atoms with Crippen molar-refractivity contribution < 1.29 is 19.0 Å². The van der Waals surface area contributed by atoms with Crippen molar-refractivity contribution in [2.75, 3.05) is 31.6 Å². The molecule has 2 N–H and O–H groups in total. The van der Waals surface area contributed by atoms with Crippen LogP contribution in [0.4, 0.5) is 10.2 Å². The third-order valence-corrected chi connectivity index (χ3v) is 4.23. The van der Waals surface area contributed by atoms with Crippen molar-refractivity contribution in [1.82, 2.24) is 10.3 Å². The molecule has 1 aliphatic rings. The molecule has 7 heteroatoms. The number of carbonyl (C=O) groups excluding carboxylic acids is 1. The lowest BCUT2D eigenvalue weighted by molar-refractivity contribution is -0.140. The standard InChI is InChI=1S/C16H24FN3O3/c1-15(2,23-3)14(21)19-10-16(22)7-4-8-20(11-16)13-6-5-12(17)9-18-13/h5-6,9,22H,4,7-8,10-11H2,1-3H3,(H,19,21)/t16-/m0/s1. The highest BCUT2D eigenvalue weighted by atomic mass is 19.1. The molecule has 1 fully saturated rings. The van der Waals surface area contributed by atoms with E-state index in [0.29, 0.717) is 18.8 Å². The van der Waals surface area contributed by atoms with Crippen LogP contribution in [-0.2, 0) is 9.53 Å². The molecular weight excluding hydrogens is 301 g/mol. The summed E-state index contributed by atoms with van der Waals surface area (Å²) in [6.45, 7) is 4.54. The van der Waals surface area contributed by atoms with E-state index < -0.39 is 17.0 Å². The monoisotopic (exact) mass is 325 g/mol. The third kappa shape index (κ3) is 4.39. The number of anilines is 1. The van der Waals surface area contributed by atoms with Crippen LogP contribution in [0.5, 0.6) is 0 Å². The lowest BCUT2D eigenvalue weighted by Crippen LogP contribution is -2.56. The zero-order valence-corrected chi connectivity index (χ0v) is 13.8. The predicted octanol–water partition coefficient (Wildman–Crippen LogP) is 1.09. The number of pyridine rings is 1. The molecule has 0 radical (unpaired) electrons. The molecule has 1 aromatic rings. The van der Waals surface area contributed by atoms with Gasteiger partial charge in [-0.15, -0.1) is 0 Å². The first-order chi connectivity index (χ1) is 10.8. The van der Waals surface area contributed by atoms with E-state index in [0.717, 1.165) is 19.2 Å². The summed E-state index contributed by atoms with van der Waals surface area (Å²) in [6, 6.07) is 2.94. The van der Waals surface area contributed by atoms with Crippen LogP contribution in [0.3, 0.4) is 0 Å². The van der Waals surface area contributed by atoms with Gasteiger partial charge in [-0.05, 0) is 38.8 Å². The van der Waals surface area contributed by atoms with Crippen LogP contribution in [0.15, 0.2) is 18.3 Å². The number of nitrogens with one attached hydrogen (secondary N) is 1. The molecule has 1 atom stereocenters. The van der Waals surface area contributed by atoms with Crippen molar-refractivity contribution in [3.8, 4) is 0 Å². The van der Waals surface area contributed by atoms with E-state index in [1.807, 2.05) is 4.90 Å². The van der Waals surface area contributed by atoms with Gasteiger partial charge >= 0.3 is 0 Å². The second kappa shape index (κ2) is 6.80. The number of β-amino-alcohol motifs (C(OH)–C–C–N with tert-alkyl or cyclic N) is 1. The Morgan fingerprint density at radius 3 is 2.91 bits per heavy atom. The van der Waals surface area contributed by atoms with E-state index in [4.69, 9.17) is 4.74 Å². The number of carbonyl (C=O) groups is 1. The number of amides is 1. The third-order valence-electron chi connectivity index (χ3n) is 4.23. The first kappa shape index (κ1) is 17.6. The molecule has 0 spiro atoms. The maximum atomic E-state index is 13.0. The van der Waals surface area contributed by atoms with E-state index in [2.05, 4.69) is 10.3 Å². The molecule has 1 amide bonds. The van der Waals surface area contributed by atoms with Crippen LogP contribution in [0, 0.1) is 5.82 Å². The van der Waals surface area contributed by atoms with Gasteiger partial charge in [0.15, 0.2) is 0 Å². The van der Waals surface area contributed by atoms with Gasteiger partial charge in [0.2, 0.25) is 0 Å². The van der Waals surface area contributed by atoms with Gasteiger partial charge in [-0.25, -0.2) is 9.37 Å². The van der Waals surface area contributed by atoms with Gasteiger partial charge in [-0.2, -0.15) is 0 Å². The highest BCUT2D eigenvalue weighted by molar-refractivity contribution is 5.84. The van der Waals surface area contributed by atoms with Crippen molar-refractivity contribution in [3.63, 3.8) is 0 Å². The predicted molar refractivity (Wildman–Crippen MR) is 84.7 cm³/mol. The Bertz CT molecular complexity index is 550. The average molecular weight is 325 g/mol. The van der Waals surface area contributed by atoms with Crippen molar-refractivity contribution in [2.45, 2.75) is 37.9 Å². The number of hydrogen-bond donors (Lipinski definition) is 2. The van der Waals surface area contributed by atoms with E-state index in [1.54, 1.807) is 19.9 Å². The normalized spacial score (nSPS) is 22.0. The second-order valence-corrected chi connectivity index (χ2v) is 6.48. The fraction of sp³-hybridized carbons (Fsp3) is 0.625. The number of aromatic nitrogens is 1. The summed E-state index contributed by atoms with van der Waals surface area (Å²) < 4.78 is 18.1. The Balaban J connectivity index is 1.98. The number of hydrogen-bond acceptors (Lipinski definition) is 5. The van der Waals surface area contributed by atoms with E-state index in [-0.39, 0.29) is 12.5 Å². The molecule has 0 aliphatic carbocycles. The number of nitrogens with zero attached hydrogens (tertiary/aromatic N) is 2. The smallest absolute Gasteiger partial charge is 0.251 e. The molecule has 23 heavy (non-hydrogen) atoms. The summed E-state index contributed by atoms with van der Waals surface area (Å²) in [6.07, 6.45) is 2.50. The van der Waals surface area contributed by atoms with Crippen molar-refractivity contribution in [2.24, 2.45) is 0 Å². The molecule has 0 saturated carbocycles. The van der Waals surface area contributed by atoms with E-state index >= 15 is 0 Å². The Morgan fingerprint density at radius 2 is 2.30 bits per heavy atom. The molecule has 2 rings (SSSR count). The molecule has 2 heterocycles. The van der Waals surface area contributed by atoms with Gasteiger partial charge in [0.1, 0.15) is 17.2 Å². The van der Waals surface area contributed by atoms with Gasteiger partial charge in [-0.3, -0.25) is 4.79 Å². The second-order valence-electron chi connectivity index (χ2n) is 6.48. The van der Waals surface area contributed by atoms with Gasteiger partial charge in [0.25, 0.3) is 5.91 Å². The minimum atomic E-state index is -1.05. The molecule has 128 valence electrons. The lowest BCUT2D eigenvalue weighted by atomic mass is 9.92. The van der Waals surface area contributed by atoms with E-state index in [1.165, 1.54) is 13.2 Å². The summed E-state index contributed by atoms with van der Waals surface area (Å²) >= 11 is 0. The summed E-state index contributed by atoms with van der Waals surface area (Å²) in [5.41, 5.74) is -1.99. The molecule has 1 aliphatic heterocycles. The van der Waals surface area contributed by atoms with Crippen LogP contribution in [-0.4, -0.2) is 53.9 Å². The van der Waals surface area contributed by atoms with E-state index in [9.17, 15) is 14.3 Å². The topological polar surface area (TPSA) is 74.7 Å². The van der Waals surface area contributed by atoms with Crippen LogP contribution >= 0.6 is 0 Å². The highest BCUT2D eigenvalue weighted by Gasteiger charge is 2.36. The van der Waals surface area contributed by atoms with Crippen molar-refractivity contribution in [3.05, 3.63) is 24.1 Å². The molecule has 6 nitrogen and oxygen atoms in total. The fourth-order valence-electron chi connectivity index (χ4n) is 2.56. The first-order valence-corrected chi connectivity index (χ1v) is 7.68. The zero-order valence-electron chi connectivity index (χ0n) is 13.8. The van der Waals surface area contributed by atoms with Crippen LogP contribution in [0.25, 0.3) is 0 Å². The number of methoxy groups -OCH3 is 1. The quantitative estimate of drug-likeness (QED) is 0.848. The maximum absolute atomic E-state index is 13.0. The summed E-state index contributed by atoms with van der Waals surface area (Å²) in [4.78, 5) is 18.0. The molecule has 0 unspecified atom stereocenters. The Kier molecular flexibility index (Phi) is 5.21. The lowest BCUT2D eigenvalue weighted by Gasteiger charge is -2.40. The van der Waals surface area contributed by atoms with Gasteiger partial charge in [-0.1, -0.05) is 0 Å². The minimum Gasteiger partial charge on any atom is -0.386 e. The summed E-state index contributed by atoms with van der Waals surface area (Å²) in [5, 5.41) is 13.5. The minimum absolute atomic E-state index is 0.135.